The van der Waals surface area contributed by atoms with Crippen molar-refractivity contribution in [3.05, 3.63) is 34.9 Å². The molecule has 1 aliphatic rings. The lowest BCUT2D eigenvalue weighted by atomic mass is 9.79. The molecule has 3 heteroatoms. The Balaban J connectivity index is 1.98. The highest BCUT2D eigenvalue weighted by Gasteiger charge is 2.33. The third-order valence-corrected chi connectivity index (χ3v) is 4.58. The van der Waals surface area contributed by atoms with Gasteiger partial charge in [0.2, 0.25) is 0 Å². The van der Waals surface area contributed by atoms with Gasteiger partial charge in [-0.15, -0.1) is 0 Å². The normalized spacial score (nSPS) is 25.2. The molecule has 1 saturated heterocycles. The molecule has 0 aliphatic carbocycles. The summed E-state index contributed by atoms with van der Waals surface area (Å²) in [4.78, 5) is 2.54. The van der Waals surface area contributed by atoms with Gasteiger partial charge in [0, 0.05) is 24.2 Å². The second-order valence-electron chi connectivity index (χ2n) is 6.57. The molecule has 1 aliphatic heterocycles. The average molecular weight is 281 g/mol. The highest BCUT2D eigenvalue weighted by Crippen LogP contribution is 2.29. The predicted octanol–water partition coefficient (Wildman–Crippen LogP) is 3.50. The van der Waals surface area contributed by atoms with Gasteiger partial charge in [-0.1, -0.05) is 44.5 Å². The van der Waals surface area contributed by atoms with Crippen LogP contribution in [0, 0.1) is 5.41 Å². The van der Waals surface area contributed by atoms with Crippen molar-refractivity contribution in [3.8, 4) is 0 Å². The molecule has 2 unspecified atom stereocenters. The van der Waals surface area contributed by atoms with Crippen molar-refractivity contribution in [1.29, 1.82) is 0 Å². The van der Waals surface area contributed by atoms with E-state index in [1.54, 1.807) is 0 Å². The van der Waals surface area contributed by atoms with Crippen molar-refractivity contribution in [3.63, 3.8) is 0 Å². The van der Waals surface area contributed by atoms with E-state index in [1.807, 2.05) is 12.1 Å². The van der Waals surface area contributed by atoms with E-state index in [2.05, 4.69) is 37.8 Å². The molecule has 1 aromatic carbocycles. The lowest BCUT2D eigenvalue weighted by Crippen LogP contribution is -2.52. The van der Waals surface area contributed by atoms with Crippen molar-refractivity contribution in [2.75, 3.05) is 19.6 Å². The molecule has 0 spiro atoms. The second kappa shape index (κ2) is 5.82. The number of halogens is 1. The number of hydrogen-bond acceptors (Lipinski definition) is 2. The van der Waals surface area contributed by atoms with Crippen LogP contribution in [0.15, 0.2) is 24.3 Å². The van der Waals surface area contributed by atoms with Crippen LogP contribution in [0.1, 0.15) is 38.7 Å². The Hall–Kier alpha value is -0.570. The Bertz CT molecular complexity index is 431. The second-order valence-corrected chi connectivity index (χ2v) is 7.01. The van der Waals surface area contributed by atoms with Gasteiger partial charge in [-0.05, 0) is 42.0 Å². The van der Waals surface area contributed by atoms with E-state index in [-0.39, 0.29) is 5.41 Å². The number of piperidine rings is 1. The summed E-state index contributed by atoms with van der Waals surface area (Å²) in [7, 11) is 0. The largest absolute Gasteiger partial charge is 0.327 e. The van der Waals surface area contributed by atoms with Crippen LogP contribution in [-0.4, -0.2) is 30.6 Å². The summed E-state index contributed by atoms with van der Waals surface area (Å²) in [5, 5.41) is 0.824. The minimum absolute atomic E-state index is 0.215. The molecule has 106 valence electrons. The lowest BCUT2D eigenvalue weighted by Gasteiger charge is -2.43. The fourth-order valence-electron chi connectivity index (χ4n) is 2.95. The minimum atomic E-state index is 0.215. The predicted molar refractivity (Wildman–Crippen MR) is 82.7 cm³/mol. The number of rotatable bonds is 3. The fourth-order valence-corrected chi connectivity index (χ4v) is 3.15. The molecule has 2 rings (SSSR count). The van der Waals surface area contributed by atoms with Crippen LogP contribution in [0.4, 0.5) is 0 Å². The maximum atomic E-state index is 6.19. The van der Waals surface area contributed by atoms with Gasteiger partial charge in [0.15, 0.2) is 0 Å². The lowest BCUT2D eigenvalue weighted by molar-refractivity contribution is 0.0915. The third-order valence-electron chi connectivity index (χ3n) is 4.34. The van der Waals surface area contributed by atoms with Crippen LogP contribution in [0.3, 0.4) is 0 Å². The molecule has 2 nitrogen and oxygen atoms in total. The van der Waals surface area contributed by atoms with E-state index < -0.39 is 0 Å². The van der Waals surface area contributed by atoms with Crippen LogP contribution in [0.2, 0.25) is 5.02 Å². The zero-order valence-corrected chi connectivity index (χ0v) is 13.0. The molecular weight excluding hydrogens is 256 g/mol. The maximum Gasteiger partial charge on any atom is 0.0408 e. The Morgan fingerprint density at radius 2 is 2.21 bits per heavy atom. The van der Waals surface area contributed by atoms with Gasteiger partial charge < -0.3 is 10.6 Å². The number of nitrogens with zero attached hydrogens (tertiary/aromatic N) is 1. The van der Waals surface area contributed by atoms with Crippen LogP contribution in [0.5, 0.6) is 0 Å². The first-order valence-corrected chi connectivity index (χ1v) is 7.50. The van der Waals surface area contributed by atoms with Crippen molar-refractivity contribution in [1.82, 2.24) is 4.90 Å². The SMILES string of the molecule is CC(CN1CCC(N)C(C)(C)C1)c1cccc(Cl)c1. The van der Waals surface area contributed by atoms with Gasteiger partial charge in [-0.25, -0.2) is 0 Å². The highest BCUT2D eigenvalue weighted by molar-refractivity contribution is 6.30. The quantitative estimate of drug-likeness (QED) is 0.918. The number of benzene rings is 1. The van der Waals surface area contributed by atoms with Gasteiger partial charge in [-0.3, -0.25) is 0 Å². The Morgan fingerprint density at radius 3 is 2.84 bits per heavy atom. The first-order valence-electron chi connectivity index (χ1n) is 7.12. The van der Waals surface area contributed by atoms with Crippen LogP contribution < -0.4 is 5.73 Å². The first kappa shape index (κ1) is 14.8. The fraction of sp³-hybridized carbons (Fsp3) is 0.625. The third kappa shape index (κ3) is 3.71. The molecule has 19 heavy (non-hydrogen) atoms. The summed E-state index contributed by atoms with van der Waals surface area (Å²) in [6, 6.07) is 8.53. The molecule has 0 bridgehead atoms. The molecule has 0 saturated carbocycles. The summed E-state index contributed by atoms with van der Waals surface area (Å²) >= 11 is 6.07. The summed E-state index contributed by atoms with van der Waals surface area (Å²) in [5.74, 6) is 0.504. The maximum absolute atomic E-state index is 6.19. The van der Waals surface area contributed by atoms with Crippen LogP contribution >= 0.6 is 11.6 Å². The van der Waals surface area contributed by atoms with E-state index >= 15 is 0 Å². The topological polar surface area (TPSA) is 29.3 Å². The smallest absolute Gasteiger partial charge is 0.0408 e. The van der Waals surface area contributed by atoms with E-state index in [1.165, 1.54) is 5.56 Å². The summed E-state index contributed by atoms with van der Waals surface area (Å²) < 4.78 is 0. The number of nitrogens with two attached hydrogens (primary N) is 1. The zero-order chi connectivity index (χ0) is 14.0. The van der Waals surface area contributed by atoms with Crippen LogP contribution in [-0.2, 0) is 0 Å². The minimum Gasteiger partial charge on any atom is -0.327 e. The van der Waals surface area contributed by atoms with Crippen molar-refractivity contribution < 1.29 is 0 Å². The van der Waals surface area contributed by atoms with E-state index in [4.69, 9.17) is 17.3 Å². The van der Waals surface area contributed by atoms with Gasteiger partial charge in [0.1, 0.15) is 0 Å². The molecule has 0 radical (unpaired) electrons. The Kier molecular flexibility index (Phi) is 4.54. The highest BCUT2D eigenvalue weighted by atomic mass is 35.5. The first-order chi connectivity index (χ1) is 8.88. The van der Waals surface area contributed by atoms with Crippen molar-refractivity contribution in [2.45, 2.75) is 39.2 Å². The molecule has 0 aromatic heterocycles. The van der Waals surface area contributed by atoms with Gasteiger partial charge in [0.25, 0.3) is 0 Å². The van der Waals surface area contributed by atoms with Crippen LogP contribution in [0.25, 0.3) is 0 Å². The molecule has 1 heterocycles. The molecule has 1 fully saturated rings. The molecule has 1 aromatic rings. The van der Waals surface area contributed by atoms with Gasteiger partial charge in [0.05, 0.1) is 0 Å². The van der Waals surface area contributed by atoms with E-state index in [9.17, 15) is 0 Å². The van der Waals surface area contributed by atoms with E-state index in [0.29, 0.717) is 12.0 Å². The molecule has 2 atom stereocenters. The summed E-state index contributed by atoms with van der Waals surface area (Å²) in [5.41, 5.74) is 7.73. The molecular formula is C16H25ClN2. The molecule has 0 amide bonds. The van der Waals surface area contributed by atoms with E-state index in [0.717, 1.165) is 31.1 Å². The standard InChI is InChI=1S/C16H25ClN2/c1-12(13-5-4-6-14(17)9-13)10-19-8-7-15(18)16(2,3)11-19/h4-6,9,12,15H,7-8,10-11,18H2,1-3H3. The zero-order valence-electron chi connectivity index (χ0n) is 12.2. The van der Waals surface area contributed by atoms with Crippen molar-refractivity contribution >= 4 is 11.6 Å². The number of hydrogen-bond donors (Lipinski definition) is 1. The number of likely N-dealkylation sites (tertiary alicyclic amines) is 1. The van der Waals surface area contributed by atoms with Gasteiger partial charge in [-0.2, -0.15) is 0 Å². The Labute approximate surface area is 121 Å². The Morgan fingerprint density at radius 1 is 1.47 bits per heavy atom. The van der Waals surface area contributed by atoms with Crippen molar-refractivity contribution in [2.24, 2.45) is 11.1 Å². The summed E-state index contributed by atoms with van der Waals surface area (Å²) in [6.07, 6.45) is 1.09. The summed E-state index contributed by atoms with van der Waals surface area (Å²) in [6.45, 7) is 10.1. The monoisotopic (exact) mass is 280 g/mol. The molecule has 2 N–H and O–H groups in total. The van der Waals surface area contributed by atoms with Gasteiger partial charge >= 0.3 is 0 Å². The average Bonchev–Trinajstić information content (AvgIpc) is 2.33.